The summed E-state index contributed by atoms with van der Waals surface area (Å²) < 4.78 is 6.42. The molecule has 0 spiro atoms. The third-order valence-electron chi connectivity index (χ3n) is 2.06. The fourth-order valence-corrected chi connectivity index (χ4v) is 1.27. The van der Waals surface area contributed by atoms with Crippen LogP contribution in [0.3, 0.4) is 0 Å². The topological polar surface area (TPSA) is 82.2 Å². The Labute approximate surface area is 94.8 Å². The number of nitrogens with one attached hydrogen (secondary N) is 1. The van der Waals surface area contributed by atoms with Crippen molar-refractivity contribution in [2.45, 2.75) is 19.4 Å². The van der Waals surface area contributed by atoms with Crippen LogP contribution in [-0.2, 0) is 16.1 Å². The van der Waals surface area contributed by atoms with Crippen LogP contribution >= 0.6 is 0 Å². The molecule has 1 amide bonds. The lowest BCUT2D eigenvalue weighted by Crippen LogP contribution is -2.28. The average molecular weight is 226 g/mol. The number of amides is 1. The third kappa shape index (κ3) is 4.79. The lowest BCUT2D eigenvalue weighted by atomic mass is 10.3. The highest BCUT2D eigenvalue weighted by molar-refractivity contribution is 5.75. The number of ether oxygens (including phenoxy) is 1. The zero-order chi connectivity index (χ0) is 11.8. The van der Waals surface area contributed by atoms with E-state index in [0.29, 0.717) is 12.4 Å². The van der Waals surface area contributed by atoms with Gasteiger partial charge in [-0.25, -0.2) is 0 Å². The van der Waals surface area contributed by atoms with Crippen molar-refractivity contribution in [2.75, 3.05) is 26.0 Å². The number of carbonyl (C=O) groups is 1. The van der Waals surface area contributed by atoms with Gasteiger partial charge in [-0.2, -0.15) is 5.10 Å². The Bertz CT molecular complexity index is 324. The first kappa shape index (κ1) is 12.5. The molecule has 0 aliphatic rings. The van der Waals surface area contributed by atoms with Gasteiger partial charge >= 0.3 is 0 Å². The Kier molecular flexibility index (Phi) is 5.35. The number of hydrogen-bond acceptors (Lipinski definition) is 4. The zero-order valence-corrected chi connectivity index (χ0v) is 9.48. The SMILES string of the molecule is COCCCCNC(=O)Cn1ccc(N)n1. The lowest BCUT2D eigenvalue weighted by molar-refractivity contribution is -0.121. The van der Waals surface area contributed by atoms with Gasteiger partial charge in [0.15, 0.2) is 0 Å². The number of methoxy groups -OCH3 is 1. The Morgan fingerprint density at radius 1 is 1.62 bits per heavy atom. The van der Waals surface area contributed by atoms with Gasteiger partial charge < -0.3 is 15.8 Å². The first-order chi connectivity index (χ1) is 7.72. The monoisotopic (exact) mass is 226 g/mol. The molecule has 0 fully saturated rings. The molecule has 0 saturated heterocycles. The van der Waals surface area contributed by atoms with Crippen molar-refractivity contribution in [2.24, 2.45) is 0 Å². The van der Waals surface area contributed by atoms with Gasteiger partial charge in [-0.1, -0.05) is 0 Å². The quantitative estimate of drug-likeness (QED) is 0.641. The highest BCUT2D eigenvalue weighted by atomic mass is 16.5. The number of aromatic nitrogens is 2. The molecule has 0 aromatic carbocycles. The van der Waals surface area contributed by atoms with Crippen molar-refractivity contribution < 1.29 is 9.53 Å². The minimum Gasteiger partial charge on any atom is -0.385 e. The first-order valence-electron chi connectivity index (χ1n) is 5.27. The van der Waals surface area contributed by atoms with Crippen LogP contribution in [-0.4, -0.2) is 35.9 Å². The van der Waals surface area contributed by atoms with Crippen LogP contribution in [0.1, 0.15) is 12.8 Å². The molecule has 0 unspecified atom stereocenters. The first-order valence-corrected chi connectivity index (χ1v) is 5.27. The molecule has 90 valence electrons. The van der Waals surface area contributed by atoms with E-state index >= 15 is 0 Å². The van der Waals surface area contributed by atoms with Crippen LogP contribution in [0.4, 0.5) is 5.82 Å². The summed E-state index contributed by atoms with van der Waals surface area (Å²) in [4.78, 5) is 11.4. The summed E-state index contributed by atoms with van der Waals surface area (Å²) >= 11 is 0. The summed E-state index contributed by atoms with van der Waals surface area (Å²) in [6.45, 7) is 1.60. The molecule has 16 heavy (non-hydrogen) atoms. The van der Waals surface area contributed by atoms with Crippen LogP contribution in [0.15, 0.2) is 12.3 Å². The number of nitrogens with two attached hydrogens (primary N) is 1. The van der Waals surface area contributed by atoms with Crippen molar-refractivity contribution >= 4 is 11.7 Å². The second kappa shape index (κ2) is 6.84. The van der Waals surface area contributed by atoms with Crippen molar-refractivity contribution in [3.05, 3.63) is 12.3 Å². The maximum Gasteiger partial charge on any atom is 0.241 e. The van der Waals surface area contributed by atoms with Gasteiger partial charge in [0.1, 0.15) is 12.4 Å². The van der Waals surface area contributed by atoms with Crippen LogP contribution in [0.2, 0.25) is 0 Å². The van der Waals surface area contributed by atoms with E-state index in [1.165, 1.54) is 4.68 Å². The van der Waals surface area contributed by atoms with Crippen LogP contribution in [0.25, 0.3) is 0 Å². The van der Waals surface area contributed by atoms with E-state index in [4.69, 9.17) is 10.5 Å². The van der Waals surface area contributed by atoms with Gasteiger partial charge in [-0.3, -0.25) is 9.48 Å². The second-order valence-electron chi connectivity index (χ2n) is 3.49. The van der Waals surface area contributed by atoms with Gasteiger partial charge in [0.05, 0.1) is 0 Å². The van der Waals surface area contributed by atoms with Gasteiger partial charge in [-0.05, 0) is 18.9 Å². The van der Waals surface area contributed by atoms with Crippen LogP contribution in [0.5, 0.6) is 0 Å². The molecule has 0 radical (unpaired) electrons. The number of hydrogen-bond donors (Lipinski definition) is 2. The Morgan fingerprint density at radius 3 is 3.06 bits per heavy atom. The smallest absolute Gasteiger partial charge is 0.241 e. The van der Waals surface area contributed by atoms with Crippen molar-refractivity contribution in [3.8, 4) is 0 Å². The number of nitrogen functional groups attached to an aromatic ring is 1. The molecule has 0 bridgehead atoms. The molecule has 6 nitrogen and oxygen atoms in total. The predicted molar refractivity (Wildman–Crippen MR) is 60.8 cm³/mol. The normalized spacial score (nSPS) is 10.3. The van der Waals surface area contributed by atoms with E-state index in [0.717, 1.165) is 19.4 Å². The van der Waals surface area contributed by atoms with Gasteiger partial charge in [0, 0.05) is 26.5 Å². The lowest BCUT2D eigenvalue weighted by Gasteiger charge is -2.04. The molecule has 3 N–H and O–H groups in total. The standard InChI is InChI=1S/C10H18N4O2/c1-16-7-3-2-5-12-10(15)8-14-6-4-9(11)13-14/h4,6H,2-3,5,7-8H2,1H3,(H2,11,13)(H,12,15). The molecule has 0 atom stereocenters. The van der Waals surface area contributed by atoms with E-state index in [9.17, 15) is 4.79 Å². The van der Waals surface area contributed by atoms with Crippen molar-refractivity contribution in [1.82, 2.24) is 15.1 Å². The number of carbonyl (C=O) groups excluding carboxylic acids is 1. The fraction of sp³-hybridized carbons (Fsp3) is 0.600. The molecular weight excluding hydrogens is 208 g/mol. The number of unbranched alkanes of at least 4 members (excludes halogenated alkanes) is 1. The predicted octanol–water partition coefficient (Wildman–Crippen LogP) is 0.00810. The summed E-state index contributed by atoms with van der Waals surface area (Å²) in [6, 6.07) is 1.66. The summed E-state index contributed by atoms with van der Waals surface area (Å²) in [7, 11) is 1.67. The fourth-order valence-electron chi connectivity index (χ4n) is 1.27. The van der Waals surface area contributed by atoms with Crippen LogP contribution in [0, 0.1) is 0 Å². The molecule has 1 aromatic heterocycles. The Morgan fingerprint density at radius 2 is 2.44 bits per heavy atom. The van der Waals surface area contributed by atoms with Gasteiger partial charge in [0.2, 0.25) is 5.91 Å². The van der Waals surface area contributed by atoms with E-state index < -0.39 is 0 Å². The highest BCUT2D eigenvalue weighted by Crippen LogP contribution is 1.95. The molecule has 0 saturated carbocycles. The molecule has 1 heterocycles. The van der Waals surface area contributed by atoms with Crippen LogP contribution < -0.4 is 11.1 Å². The number of rotatable bonds is 7. The van der Waals surface area contributed by atoms with E-state index in [2.05, 4.69) is 10.4 Å². The van der Waals surface area contributed by atoms with E-state index in [1.807, 2.05) is 0 Å². The number of nitrogens with zero attached hydrogens (tertiary/aromatic N) is 2. The maximum atomic E-state index is 11.4. The van der Waals surface area contributed by atoms with Gasteiger partial charge in [-0.15, -0.1) is 0 Å². The summed E-state index contributed by atoms with van der Waals surface area (Å²) in [5, 5.41) is 6.73. The molecule has 1 aromatic rings. The molecule has 0 aliphatic carbocycles. The minimum absolute atomic E-state index is 0.0551. The molecule has 6 heteroatoms. The second-order valence-corrected chi connectivity index (χ2v) is 3.49. The average Bonchev–Trinajstić information content (AvgIpc) is 2.63. The summed E-state index contributed by atoms with van der Waals surface area (Å²) in [5.41, 5.74) is 5.43. The third-order valence-corrected chi connectivity index (χ3v) is 2.06. The molecule has 1 rings (SSSR count). The van der Waals surface area contributed by atoms with E-state index in [1.54, 1.807) is 19.4 Å². The molecular formula is C10H18N4O2. The highest BCUT2D eigenvalue weighted by Gasteiger charge is 2.02. The number of anilines is 1. The Balaban J connectivity index is 2.11. The van der Waals surface area contributed by atoms with Gasteiger partial charge in [0.25, 0.3) is 0 Å². The largest absolute Gasteiger partial charge is 0.385 e. The maximum absolute atomic E-state index is 11.4. The Hall–Kier alpha value is -1.56. The minimum atomic E-state index is -0.0551. The van der Waals surface area contributed by atoms with Crippen molar-refractivity contribution in [3.63, 3.8) is 0 Å². The molecule has 0 aliphatic heterocycles. The summed E-state index contributed by atoms with van der Waals surface area (Å²) in [5.74, 6) is 0.369. The summed E-state index contributed by atoms with van der Waals surface area (Å²) in [6.07, 6.45) is 3.55. The van der Waals surface area contributed by atoms with E-state index in [-0.39, 0.29) is 12.5 Å². The van der Waals surface area contributed by atoms with Crippen molar-refractivity contribution in [1.29, 1.82) is 0 Å². The zero-order valence-electron chi connectivity index (χ0n) is 9.48.